The molecular formula is C22H26N2O5. The highest BCUT2D eigenvalue weighted by molar-refractivity contribution is 6.06. The lowest BCUT2D eigenvalue weighted by molar-refractivity contribution is -0.140. The van der Waals surface area contributed by atoms with Crippen LogP contribution in [-0.2, 0) is 20.8 Å². The minimum Gasteiger partial charge on any atom is -0.454 e. The van der Waals surface area contributed by atoms with Gasteiger partial charge < -0.3 is 14.8 Å². The first-order valence-electron chi connectivity index (χ1n) is 10.6. The van der Waals surface area contributed by atoms with Gasteiger partial charge in [-0.1, -0.05) is 13.3 Å². The minimum absolute atomic E-state index is 0.0604. The highest BCUT2D eigenvalue weighted by atomic mass is 16.7. The van der Waals surface area contributed by atoms with Crippen LogP contribution < -0.4 is 14.8 Å². The van der Waals surface area contributed by atoms with E-state index in [0.29, 0.717) is 29.0 Å². The van der Waals surface area contributed by atoms with Crippen molar-refractivity contribution in [2.75, 3.05) is 18.7 Å². The number of hydrogen-bond donors (Lipinski definition) is 1. The number of hydrogen-bond acceptors (Lipinski definition) is 5. The number of carbonyl (C=O) groups is 3. The molecule has 4 aliphatic rings. The molecule has 1 saturated heterocycles. The number of nitrogens with one attached hydrogen (secondary N) is 1. The van der Waals surface area contributed by atoms with Crippen LogP contribution in [0.15, 0.2) is 12.1 Å². The summed E-state index contributed by atoms with van der Waals surface area (Å²) in [4.78, 5) is 39.5. The number of rotatable bonds is 6. The molecule has 1 N–H and O–H groups in total. The zero-order valence-corrected chi connectivity index (χ0v) is 16.6. The van der Waals surface area contributed by atoms with E-state index >= 15 is 0 Å². The molecule has 7 heteroatoms. The van der Waals surface area contributed by atoms with Gasteiger partial charge in [-0.2, -0.15) is 0 Å². The summed E-state index contributed by atoms with van der Waals surface area (Å²) in [5, 5.41) is 2.94. The van der Waals surface area contributed by atoms with Gasteiger partial charge in [0.2, 0.25) is 24.5 Å². The monoisotopic (exact) mass is 398 g/mol. The molecule has 3 amide bonds. The first-order chi connectivity index (χ1) is 14.1. The summed E-state index contributed by atoms with van der Waals surface area (Å²) in [5.74, 6) is 1.46. The number of amides is 3. The van der Waals surface area contributed by atoms with Gasteiger partial charge in [-0.05, 0) is 49.1 Å². The van der Waals surface area contributed by atoms with E-state index in [1.165, 1.54) is 4.90 Å². The normalized spacial score (nSPS) is 28.9. The molecule has 0 spiro atoms. The van der Waals surface area contributed by atoms with E-state index in [0.717, 1.165) is 37.7 Å². The van der Waals surface area contributed by atoms with Gasteiger partial charge in [0.1, 0.15) is 0 Å². The molecule has 2 aliphatic heterocycles. The molecule has 29 heavy (non-hydrogen) atoms. The third-order valence-corrected chi connectivity index (χ3v) is 6.97. The maximum Gasteiger partial charge on any atom is 0.233 e. The molecule has 5 rings (SSSR count). The summed E-state index contributed by atoms with van der Waals surface area (Å²) >= 11 is 0. The summed E-state index contributed by atoms with van der Waals surface area (Å²) in [6.07, 6.45) is 4.98. The van der Waals surface area contributed by atoms with Crippen LogP contribution in [0.5, 0.6) is 11.5 Å². The summed E-state index contributed by atoms with van der Waals surface area (Å²) in [6, 6.07) is 3.70. The molecule has 2 saturated carbocycles. The van der Waals surface area contributed by atoms with E-state index in [2.05, 4.69) is 12.2 Å². The molecule has 2 bridgehead atoms. The molecule has 1 aromatic rings. The lowest BCUT2D eigenvalue weighted by Crippen LogP contribution is -2.35. The Kier molecular flexibility index (Phi) is 4.48. The SMILES string of the molecule is CCCc1cc2c(cc1NC(=O)CCN1C(=O)[C@H]3[C@H]4CC[C@@H](C4)[C@@H]3C1=O)OCO2. The first kappa shape index (κ1) is 18.5. The lowest BCUT2D eigenvalue weighted by Gasteiger charge is -2.19. The Balaban J connectivity index is 1.24. The zero-order valence-electron chi connectivity index (χ0n) is 16.6. The van der Waals surface area contributed by atoms with Crippen LogP contribution in [0.2, 0.25) is 0 Å². The van der Waals surface area contributed by atoms with Crippen molar-refractivity contribution in [2.24, 2.45) is 23.7 Å². The minimum atomic E-state index is -0.207. The Morgan fingerprint density at radius 1 is 1.10 bits per heavy atom. The van der Waals surface area contributed by atoms with Crippen molar-refractivity contribution >= 4 is 23.4 Å². The van der Waals surface area contributed by atoms with Crippen LogP contribution in [0.1, 0.15) is 44.6 Å². The summed E-state index contributed by atoms with van der Waals surface area (Å²) < 4.78 is 10.8. The van der Waals surface area contributed by atoms with Crippen molar-refractivity contribution in [3.05, 3.63) is 17.7 Å². The van der Waals surface area contributed by atoms with Crippen LogP contribution in [0, 0.1) is 23.7 Å². The highest BCUT2D eigenvalue weighted by Crippen LogP contribution is 2.56. The summed E-state index contributed by atoms with van der Waals surface area (Å²) in [7, 11) is 0. The predicted octanol–water partition coefficient (Wildman–Crippen LogP) is 2.73. The molecule has 2 heterocycles. The Hall–Kier alpha value is -2.57. The number of aryl methyl sites for hydroxylation is 1. The van der Waals surface area contributed by atoms with E-state index < -0.39 is 0 Å². The van der Waals surface area contributed by atoms with Crippen LogP contribution in [0.4, 0.5) is 5.69 Å². The van der Waals surface area contributed by atoms with Gasteiger partial charge in [0.25, 0.3) is 0 Å². The molecule has 7 nitrogen and oxygen atoms in total. The fourth-order valence-electron chi connectivity index (χ4n) is 5.69. The fraction of sp³-hybridized carbons (Fsp3) is 0.591. The second kappa shape index (κ2) is 7.04. The molecule has 2 aliphatic carbocycles. The molecule has 0 radical (unpaired) electrons. The van der Waals surface area contributed by atoms with E-state index in [-0.39, 0.29) is 49.3 Å². The van der Waals surface area contributed by atoms with Gasteiger partial charge in [-0.25, -0.2) is 0 Å². The quantitative estimate of drug-likeness (QED) is 0.745. The molecule has 4 atom stereocenters. The number of nitrogens with zero attached hydrogens (tertiary/aromatic N) is 1. The number of ether oxygens (including phenoxy) is 2. The van der Waals surface area contributed by atoms with Crippen LogP contribution in [0.3, 0.4) is 0 Å². The molecule has 3 fully saturated rings. The number of benzene rings is 1. The Labute approximate surface area is 169 Å². The van der Waals surface area contributed by atoms with Crippen LogP contribution in [-0.4, -0.2) is 36.0 Å². The molecule has 0 aromatic heterocycles. The van der Waals surface area contributed by atoms with Gasteiger partial charge in [0, 0.05) is 24.7 Å². The van der Waals surface area contributed by atoms with Gasteiger partial charge >= 0.3 is 0 Å². The van der Waals surface area contributed by atoms with Crippen molar-refractivity contribution in [1.82, 2.24) is 4.90 Å². The maximum atomic E-state index is 12.8. The number of fused-ring (bicyclic) bond motifs is 6. The van der Waals surface area contributed by atoms with Crippen molar-refractivity contribution in [2.45, 2.75) is 45.4 Å². The Bertz CT molecular complexity index is 854. The second-order valence-electron chi connectivity index (χ2n) is 8.62. The van der Waals surface area contributed by atoms with Gasteiger partial charge in [-0.15, -0.1) is 0 Å². The van der Waals surface area contributed by atoms with Crippen LogP contribution in [0.25, 0.3) is 0 Å². The van der Waals surface area contributed by atoms with Crippen LogP contribution >= 0.6 is 0 Å². The third kappa shape index (κ3) is 2.98. The predicted molar refractivity (Wildman–Crippen MR) is 104 cm³/mol. The number of carbonyl (C=O) groups excluding carboxylic acids is 3. The van der Waals surface area contributed by atoms with Crippen molar-refractivity contribution in [3.63, 3.8) is 0 Å². The average Bonchev–Trinajstić information content (AvgIpc) is 3.46. The molecular weight excluding hydrogens is 372 g/mol. The maximum absolute atomic E-state index is 12.8. The van der Waals surface area contributed by atoms with Gasteiger partial charge in [-0.3, -0.25) is 19.3 Å². The van der Waals surface area contributed by atoms with E-state index in [4.69, 9.17) is 9.47 Å². The smallest absolute Gasteiger partial charge is 0.233 e. The number of likely N-dealkylation sites (tertiary alicyclic amines) is 1. The fourth-order valence-corrected chi connectivity index (χ4v) is 5.69. The number of anilines is 1. The van der Waals surface area contributed by atoms with Gasteiger partial charge in [0.05, 0.1) is 11.8 Å². The Morgan fingerprint density at radius 3 is 2.41 bits per heavy atom. The number of imide groups is 1. The highest BCUT2D eigenvalue weighted by Gasteiger charge is 2.60. The van der Waals surface area contributed by atoms with E-state index in [1.54, 1.807) is 6.07 Å². The average molecular weight is 398 g/mol. The largest absolute Gasteiger partial charge is 0.454 e. The van der Waals surface area contributed by atoms with E-state index in [1.807, 2.05) is 6.07 Å². The zero-order chi connectivity index (χ0) is 20.1. The second-order valence-corrected chi connectivity index (χ2v) is 8.62. The topological polar surface area (TPSA) is 84.9 Å². The van der Waals surface area contributed by atoms with E-state index in [9.17, 15) is 14.4 Å². The standard InChI is InChI=1S/C22H26N2O5/c1-2-3-12-9-16-17(29-11-28-16)10-15(12)23-18(25)6-7-24-21(26)19-13-4-5-14(8-13)20(19)22(24)27/h9-10,13-14,19-20H,2-8,11H2,1H3,(H,23,25)/t13-,14-,19-,20-/m0/s1. The molecule has 154 valence electrons. The van der Waals surface area contributed by atoms with Crippen molar-refractivity contribution < 1.29 is 23.9 Å². The van der Waals surface area contributed by atoms with Crippen molar-refractivity contribution in [3.8, 4) is 11.5 Å². The van der Waals surface area contributed by atoms with Gasteiger partial charge in [0.15, 0.2) is 11.5 Å². The Morgan fingerprint density at radius 2 is 1.76 bits per heavy atom. The first-order valence-corrected chi connectivity index (χ1v) is 10.6. The van der Waals surface area contributed by atoms with Crippen molar-refractivity contribution in [1.29, 1.82) is 0 Å². The molecule has 0 unspecified atom stereocenters. The lowest BCUT2D eigenvalue weighted by atomic mass is 9.81. The summed E-state index contributed by atoms with van der Waals surface area (Å²) in [5.41, 5.74) is 1.69. The molecule has 1 aromatic carbocycles. The summed E-state index contributed by atoms with van der Waals surface area (Å²) in [6.45, 7) is 2.41. The third-order valence-electron chi connectivity index (χ3n) is 6.97.